The number of halogens is 3. The summed E-state index contributed by atoms with van der Waals surface area (Å²) in [5.41, 5.74) is 2.06. The predicted octanol–water partition coefficient (Wildman–Crippen LogP) is 3.68. The highest BCUT2D eigenvalue weighted by molar-refractivity contribution is 5.94. The van der Waals surface area contributed by atoms with Gasteiger partial charge in [-0.15, -0.1) is 0 Å². The first kappa shape index (κ1) is 21.2. The number of alkyl halides is 3. The lowest BCUT2D eigenvalue weighted by Gasteiger charge is -2.28. The van der Waals surface area contributed by atoms with Gasteiger partial charge in [0, 0.05) is 31.5 Å². The number of nitrogens with one attached hydrogen (secondary N) is 1. The Hall–Kier alpha value is -3.07. The van der Waals surface area contributed by atoms with Crippen LogP contribution in [0.5, 0.6) is 0 Å². The molecular formula is C22H23F3N4O2. The number of ether oxygens (including phenoxy) is 1. The van der Waals surface area contributed by atoms with Crippen LogP contribution in [0, 0.1) is 0 Å². The van der Waals surface area contributed by atoms with E-state index in [9.17, 15) is 18.0 Å². The highest BCUT2D eigenvalue weighted by Crippen LogP contribution is 2.30. The van der Waals surface area contributed by atoms with Crippen molar-refractivity contribution in [1.29, 1.82) is 0 Å². The van der Waals surface area contributed by atoms with Gasteiger partial charge in [0.25, 0.3) is 5.91 Å². The summed E-state index contributed by atoms with van der Waals surface area (Å²) in [5.74, 6) is -0.457. The molecule has 1 saturated heterocycles. The van der Waals surface area contributed by atoms with Crippen LogP contribution in [0.1, 0.15) is 34.2 Å². The SMILES string of the molecule is CCc1nc2ccc(C(F)(F)F)cn2c1C(=O)NCc1ccc(N2CCOCC2)cc1. The fourth-order valence-corrected chi connectivity index (χ4v) is 3.66. The molecule has 0 unspecified atom stereocenters. The number of hydrogen-bond donors (Lipinski definition) is 1. The molecule has 4 rings (SSSR count). The van der Waals surface area contributed by atoms with Gasteiger partial charge < -0.3 is 15.0 Å². The Morgan fingerprint density at radius 1 is 1.13 bits per heavy atom. The summed E-state index contributed by atoms with van der Waals surface area (Å²) in [6, 6.07) is 10.1. The third-order valence-corrected chi connectivity index (χ3v) is 5.33. The van der Waals surface area contributed by atoms with E-state index in [1.807, 2.05) is 31.2 Å². The molecule has 3 heterocycles. The number of aryl methyl sites for hydroxylation is 1. The van der Waals surface area contributed by atoms with Gasteiger partial charge in [0.1, 0.15) is 11.3 Å². The van der Waals surface area contributed by atoms with Gasteiger partial charge in [-0.25, -0.2) is 4.98 Å². The summed E-state index contributed by atoms with van der Waals surface area (Å²) in [7, 11) is 0. The number of fused-ring (bicyclic) bond motifs is 1. The summed E-state index contributed by atoms with van der Waals surface area (Å²) in [6.45, 7) is 5.15. The van der Waals surface area contributed by atoms with Crippen molar-refractivity contribution >= 4 is 17.2 Å². The van der Waals surface area contributed by atoms with Crippen LogP contribution in [-0.4, -0.2) is 41.6 Å². The summed E-state index contributed by atoms with van der Waals surface area (Å²) in [4.78, 5) is 19.4. The Kier molecular flexibility index (Phi) is 5.86. The Labute approximate surface area is 177 Å². The Balaban J connectivity index is 1.51. The highest BCUT2D eigenvalue weighted by Gasteiger charge is 2.31. The van der Waals surface area contributed by atoms with Gasteiger partial charge in [-0.05, 0) is 36.2 Å². The number of nitrogens with zero attached hydrogens (tertiary/aromatic N) is 3. The van der Waals surface area contributed by atoms with Gasteiger partial charge in [0.2, 0.25) is 0 Å². The first-order valence-corrected chi connectivity index (χ1v) is 10.1. The molecule has 3 aromatic rings. The molecule has 1 aromatic carbocycles. The molecule has 31 heavy (non-hydrogen) atoms. The van der Waals surface area contributed by atoms with Crippen molar-refractivity contribution in [3.05, 3.63) is 65.1 Å². The zero-order chi connectivity index (χ0) is 22.0. The molecule has 1 amide bonds. The second-order valence-electron chi connectivity index (χ2n) is 7.35. The average Bonchev–Trinajstić information content (AvgIpc) is 3.16. The maximum atomic E-state index is 13.1. The highest BCUT2D eigenvalue weighted by atomic mass is 19.4. The lowest BCUT2D eigenvalue weighted by Crippen LogP contribution is -2.36. The number of aromatic nitrogens is 2. The standard InChI is InChI=1S/C22H23F3N4O2/c1-2-18-20(29-14-16(22(23,24)25)5-8-19(29)27-18)21(30)26-13-15-3-6-17(7-4-15)28-9-11-31-12-10-28/h3-8,14H,2,9-13H2,1H3,(H,26,30). The summed E-state index contributed by atoms with van der Waals surface area (Å²) in [6.07, 6.45) is -3.14. The first-order valence-electron chi connectivity index (χ1n) is 10.1. The van der Waals surface area contributed by atoms with E-state index in [4.69, 9.17) is 4.74 Å². The van der Waals surface area contributed by atoms with E-state index in [1.165, 1.54) is 10.5 Å². The topological polar surface area (TPSA) is 58.9 Å². The minimum absolute atomic E-state index is 0.133. The van der Waals surface area contributed by atoms with Gasteiger partial charge in [-0.2, -0.15) is 13.2 Å². The lowest BCUT2D eigenvalue weighted by molar-refractivity contribution is -0.137. The smallest absolute Gasteiger partial charge is 0.378 e. The number of morpholine rings is 1. The van der Waals surface area contributed by atoms with Gasteiger partial charge >= 0.3 is 6.18 Å². The molecule has 0 atom stereocenters. The maximum absolute atomic E-state index is 13.1. The van der Waals surface area contributed by atoms with E-state index in [0.29, 0.717) is 31.0 Å². The largest absolute Gasteiger partial charge is 0.417 e. The molecule has 9 heteroatoms. The number of carbonyl (C=O) groups is 1. The van der Waals surface area contributed by atoms with Crippen LogP contribution in [-0.2, 0) is 23.9 Å². The molecule has 1 aliphatic heterocycles. The van der Waals surface area contributed by atoms with E-state index in [1.54, 1.807) is 0 Å². The third-order valence-electron chi connectivity index (χ3n) is 5.33. The van der Waals surface area contributed by atoms with E-state index in [-0.39, 0.29) is 12.2 Å². The quantitative estimate of drug-likeness (QED) is 0.668. The second-order valence-corrected chi connectivity index (χ2v) is 7.35. The maximum Gasteiger partial charge on any atom is 0.417 e. The van der Waals surface area contributed by atoms with Crippen LogP contribution < -0.4 is 10.2 Å². The van der Waals surface area contributed by atoms with Crippen molar-refractivity contribution in [2.45, 2.75) is 26.1 Å². The molecule has 164 valence electrons. The fraction of sp³-hybridized carbons (Fsp3) is 0.364. The lowest BCUT2D eigenvalue weighted by atomic mass is 10.1. The van der Waals surface area contributed by atoms with Gasteiger partial charge in [-0.1, -0.05) is 19.1 Å². The van der Waals surface area contributed by atoms with Crippen molar-refractivity contribution in [3.63, 3.8) is 0 Å². The average molecular weight is 432 g/mol. The number of anilines is 1. The summed E-state index contributed by atoms with van der Waals surface area (Å²) in [5, 5.41) is 2.81. The molecule has 0 bridgehead atoms. The minimum Gasteiger partial charge on any atom is -0.378 e. The Morgan fingerprint density at radius 3 is 2.48 bits per heavy atom. The summed E-state index contributed by atoms with van der Waals surface area (Å²) >= 11 is 0. The molecule has 0 aliphatic carbocycles. The number of benzene rings is 1. The van der Waals surface area contributed by atoms with Gasteiger partial charge in [0.05, 0.1) is 24.5 Å². The molecule has 6 nitrogen and oxygen atoms in total. The van der Waals surface area contributed by atoms with Crippen molar-refractivity contribution in [1.82, 2.24) is 14.7 Å². The molecule has 0 spiro atoms. The predicted molar refractivity (Wildman–Crippen MR) is 110 cm³/mol. The summed E-state index contributed by atoms with van der Waals surface area (Å²) < 4.78 is 46.0. The second kappa shape index (κ2) is 8.58. The van der Waals surface area contributed by atoms with Crippen LogP contribution in [0.2, 0.25) is 0 Å². The number of amides is 1. The van der Waals surface area contributed by atoms with Crippen LogP contribution in [0.3, 0.4) is 0 Å². The van der Waals surface area contributed by atoms with Crippen LogP contribution in [0.4, 0.5) is 18.9 Å². The molecule has 1 fully saturated rings. The van der Waals surface area contributed by atoms with Gasteiger partial charge in [0.15, 0.2) is 0 Å². The number of carbonyl (C=O) groups excluding carboxylic acids is 1. The van der Waals surface area contributed by atoms with Crippen molar-refractivity contribution in [3.8, 4) is 0 Å². The molecule has 1 aliphatic rings. The Bertz CT molecular complexity index is 1070. The number of imidazole rings is 1. The van der Waals surface area contributed by atoms with Crippen molar-refractivity contribution < 1.29 is 22.7 Å². The molecule has 0 radical (unpaired) electrons. The van der Waals surface area contributed by atoms with Crippen LogP contribution in [0.25, 0.3) is 5.65 Å². The van der Waals surface area contributed by atoms with Gasteiger partial charge in [-0.3, -0.25) is 9.20 Å². The van der Waals surface area contributed by atoms with E-state index in [2.05, 4.69) is 15.2 Å². The normalized spacial score (nSPS) is 14.8. The van der Waals surface area contributed by atoms with Crippen LogP contribution in [0.15, 0.2) is 42.6 Å². The van der Waals surface area contributed by atoms with E-state index < -0.39 is 17.6 Å². The van der Waals surface area contributed by atoms with Crippen molar-refractivity contribution in [2.75, 3.05) is 31.2 Å². The molecule has 1 N–H and O–H groups in total. The van der Waals surface area contributed by atoms with E-state index >= 15 is 0 Å². The number of hydrogen-bond acceptors (Lipinski definition) is 4. The minimum atomic E-state index is -4.50. The molecule has 2 aromatic heterocycles. The third kappa shape index (κ3) is 4.51. The monoisotopic (exact) mass is 432 g/mol. The number of rotatable bonds is 5. The number of pyridine rings is 1. The zero-order valence-corrected chi connectivity index (χ0v) is 17.1. The zero-order valence-electron chi connectivity index (χ0n) is 17.1. The van der Waals surface area contributed by atoms with Crippen LogP contribution >= 0.6 is 0 Å². The molecular weight excluding hydrogens is 409 g/mol. The van der Waals surface area contributed by atoms with E-state index in [0.717, 1.165) is 36.6 Å². The fourth-order valence-electron chi connectivity index (χ4n) is 3.66. The Morgan fingerprint density at radius 2 is 1.84 bits per heavy atom. The molecule has 0 saturated carbocycles. The van der Waals surface area contributed by atoms with Crippen molar-refractivity contribution in [2.24, 2.45) is 0 Å². The first-order chi connectivity index (χ1) is 14.9.